The summed E-state index contributed by atoms with van der Waals surface area (Å²) in [7, 11) is 0. The van der Waals surface area contributed by atoms with Crippen LogP contribution in [0.4, 0.5) is 0 Å². The van der Waals surface area contributed by atoms with Crippen molar-refractivity contribution < 1.29 is 0 Å². The van der Waals surface area contributed by atoms with Crippen LogP contribution >= 0.6 is 11.3 Å². The zero-order chi connectivity index (χ0) is 45.4. The molecule has 0 atom stereocenters. The number of hydrogen-bond acceptors (Lipinski definition) is 4. The number of fused-ring (bicyclic) bond motifs is 11. The molecule has 4 heterocycles. The fourth-order valence-electron chi connectivity index (χ4n) is 10.5. The van der Waals surface area contributed by atoms with Crippen LogP contribution in [0.3, 0.4) is 0 Å². The molecule has 0 aliphatic carbocycles. The highest BCUT2D eigenvalue weighted by atomic mass is 32.1. The summed E-state index contributed by atoms with van der Waals surface area (Å²) in [6.45, 7) is 0. The van der Waals surface area contributed by atoms with Gasteiger partial charge in [0.15, 0.2) is 17.5 Å². The van der Waals surface area contributed by atoms with Crippen LogP contribution in [0, 0.1) is 0 Å². The molecule has 0 saturated carbocycles. The highest BCUT2D eigenvalue weighted by Gasteiger charge is 2.24. The van der Waals surface area contributed by atoms with Crippen molar-refractivity contribution in [2.45, 2.75) is 0 Å². The minimum absolute atomic E-state index is 0.608. The smallest absolute Gasteiger partial charge is 0.166 e. The van der Waals surface area contributed by atoms with Gasteiger partial charge in [-0.25, -0.2) is 15.0 Å². The molecule has 14 aromatic rings. The molecule has 5 nitrogen and oxygen atoms in total. The number of benzene rings is 10. The molecule has 69 heavy (non-hydrogen) atoms. The van der Waals surface area contributed by atoms with Crippen molar-refractivity contribution in [1.29, 1.82) is 0 Å². The molecule has 4 aromatic heterocycles. The average molecular weight is 898 g/mol. The van der Waals surface area contributed by atoms with Gasteiger partial charge in [-0.2, -0.15) is 0 Å². The van der Waals surface area contributed by atoms with Gasteiger partial charge in [-0.1, -0.05) is 200 Å². The van der Waals surface area contributed by atoms with E-state index in [0.717, 1.165) is 50.2 Å². The normalized spacial score (nSPS) is 11.8. The maximum Gasteiger partial charge on any atom is 0.166 e. The molecule has 0 fully saturated rings. The second-order valence-corrected chi connectivity index (χ2v) is 18.5. The Morgan fingerprint density at radius 1 is 0.275 bits per heavy atom. The maximum atomic E-state index is 5.39. The van der Waals surface area contributed by atoms with Crippen LogP contribution in [0.1, 0.15) is 0 Å². The number of nitrogens with zero attached hydrogens (tertiary/aromatic N) is 5. The van der Waals surface area contributed by atoms with Crippen molar-refractivity contribution in [2.75, 3.05) is 0 Å². The van der Waals surface area contributed by atoms with Crippen molar-refractivity contribution in [3.05, 3.63) is 237 Å². The molecule has 0 aliphatic rings. The van der Waals surface area contributed by atoms with Gasteiger partial charge >= 0.3 is 0 Å². The van der Waals surface area contributed by atoms with Crippen LogP contribution in [0.15, 0.2) is 237 Å². The van der Waals surface area contributed by atoms with Gasteiger partial charge in [0, 0.05) is 54.7 Å². The van der Waals surface area contributed by atoms with Gasteiger partial charge in [0.1, 0.15) is 0 Å². The van der Waals surface area contributed by atoms with Crippen molar-refractivity contribution in [3.63, 3.8) is 0 Å². The average Bonchev–Trinajstić information content (AvgIpc) is 4.10. The van der Waals surface area contributed by atoms with Crippen molar-refractivity contribution in [3.8, 4) is 67.8 Å². The summed E-state index contributed by atoms with van der Waals surface area (Å²) in [6, 6.07) is 84.2. The number of para-hydroxylation sites is 3. The van der Waals surface area contributed by atoms with Crippen LogP contribution in [0.25, 0.3) is 132 Å². The predicted molar refractivity (Wildman–Crippen MR) is 289 cm³/mol. The minimum Gasteiger partial charge on any atom is -0.308 e. The first-order valence-corrected chi connectivity index (χ1v) is 24.1. The maximum absolute atomic E-state index is 5.39. The number of thiophene rings is 1. The van der Waals surface area contributed by atoms with Crippen molar-refractivity contribution >= 4 is 75.1 Å². The Balaban J connectivity index is 1.03. The lowest BCUT2D eigenvalue weighted by molar-refractivity contribution is 1.07. The van der Waals surface area contributed by atoms with E-state index in [4.69, 9.17) is 15.0 Å². The Bertz CT molecular complexity index is 4280. The molecule has 0 saturated heterocycles. The summed E-state index contributed by atoms with van der Waals surface area (Å²) in [5.74, 6) is 1.85. The SMILES string of the molecule is c1ccc(-c2ccc(-n3c4ccccc4c4ccc5c6ccc7c8ccccc8n(-c8ccccc8-c8nc(-c9ccccc9)nc(-c9ccccc9-c9ccccc9)n8)c7c6sc5c43)cc2)cc1. The predicted octanol–water partition coefficient (Wildman–Crippen LogP) is 16.8. The van der Waals surface area contributed by atoms with E-state index in [2.05, 4.69) is 221 Å². The molecule has 0 unspecified atom stereocenters. The van der Waals surface area contributed by atoms with E-state index < -0.39 is 0 Å². The van der Waals surface area contributed by atoms with Gasteiger partial charge < -0.3 is 9.13 Å². The third-order valence-electron chi connectivity index (χ3n) is 13.6. The summed E-state index contributed by atoms with van der Waals surface area (Å²) in [4.78, 5) is 15.9. The lowest BCUT2D eigenvalue weighted by Crippen LogP contribution is -2.04. The molecule has 0 amide bonds. The van der Waals surface area contributed by atoms with E-state index in [1.165, 1.54) is 63.9 Å². The monoisotopic (exact) mass is 897 g/mol. The first kappa shape index (κ1) is 39.2. The van der Waals surface area contributed by atoms with Gasteiger partial charge in [0.25, 0.3) is 0 Å². The topological polar surface area (TPSA) is 48.5 Å². The van der Waals surface area contributed by atoms with Gasteiger partial charge in [-0.15, -0.1) is 11.3 Å². The fraction of sp³-hybridized carbons (Fsp3) is 0. The Hall–Kier alpha value is -8.97. The van der Waals surface area contributed by atoms with Crippen LogP contribution in [0.5, 0.6) is 0 Å². The summed E-state index contributed by atoms with van der Waals surface area (Å²) >= 11 is 1.89. The molecular formula is C63H39N5S. The first-order chi connectivity index (χ1) is 34.2. The lowest BCUT2D eigenvalue weighted by atomic mass is 9.99. The molecule has 0 aliphatic heterocycles. The largest absolute Gasteiger partial charge is 0.308 e. The summed E-state index contributed by atoms with van der Waals surface area (Å²) < 4.78 is 7.42. The summed E-state index contributed by atoms with van der Waals surface area (Å²) in [6.07, 6.45) is 0. The Morgan fingerprint density at radius 3 is 1.35 bits per heavy atom. The minimum atomic E-state index is 0.608. The van der Waals surface area contributed by atoms with Crippen LogP contribution in [-0.2, 0) is 0 Å². The van der Waals surface area contributed by atoms with Gasteiger partial charge in [0.2, 0.25) is 0 Å². The van der Waals surface area contributed by atoms with Gasteiger partial charge in [-0.05, 0) is 58.7 Å². The molecule has 10 aromatic carbocycles. The van der Waals surface area contributed by atoms with Gasteiger partial charge in [0.05, 0.1) is 37.2 Å². The highest BCUT2D eigenvalue weighted by Crippen LogP contribution is 2.48. The summed E-state index contributed by atoms with van der Waals surface area (Å²) in [5, 5.41) is 7.35. The van der Waals surface area contributed by atoms with E-state index in [-0.39, 0.29) is 0 Å². The molecule has 0 spiro atoms. The zero-order valence-corrected chi connectivity index (χ0v) is 38.0. The quantitative estimate of drug-likeness (QED) is 0.160. The second kappa shape index (κ2) is 15.8. The molecule has 14 rings (SSSR count). The van der Waals surface area contributed by atoms with E-state index >= 15 is 0 Å². The Morgan fingerprint density at radius 2 is 0.710 bits per heavy atom. The van der Waals surface area contributed by atoms with E-state index in [1.807, 2.05) is 35.6 Å². The zero-order valence-electron chi connectivity index (χ0n) is 37.2. The molecular weight excluding hydrogens is 859 g/mol. The molecule has 0 bridgehead atoms. The van der Waals surface area contributed by atoms with Gasteiger partial charge in [-0.3, -0.25) is 0 Å². The van der Waals surface area contributed by atoms with Crippen molar-refractivity contribution in [2.24, 2.45) is 0 Å². The molecule has 6 heteroatoms. The number of aromatic nitrogens is 5. The summed E-state index contributed by atoms with van der Waals surface area (Å²) in [5.41, 5.74) is 14.2. The third-order valence-corrected chi connectivity index (χ3v) is 14.8. The van der Waals surface area contributed by atoms with Crippen LogP contribution in [0.2, 0.25) is 0 Å². The molecule has 0 N–H and O–H groups in total. The fourth-order valence-corrected chi connectivity index (χ4v) is 11.9. The molecule has 322 valence electrons. The Labute approximate surface area is 401 Å². The van der Waals surface area contributed by atoms with E-state index in [9.17, 15) is 0 Å². The van der Waals surface area contributed by atoms with Crippen LogP contribution < -0.4 is 0 Å². The number of hydrogen-bond donors (Lipinski definition) is 0. The first-order valence-electron chi connectivity index (χ1n) is 23.3. The van der Waals surface area contributed by atoms with E-state index in [0.29, 0.717) is 17.5 Å². The lowest BCUT2D eigenvalue weighted by Gasteiger charge is -2.15. The third kappa shape index (κ3) is 6.27. The standard InChI is InChI=1S/C63H39N5S/c1-4-18-40(19-5-1)41-32-34-44(35-33-41)67-54-29-15-12-25-46(54)48-36-38-50-51-39-37-49-47-26-13-16-30-55(47)68(58(49)60(51)69-59(50)57(48)67)56-31-17-14-28-53(56)63-65-61(43-22-8-3-9-23-43)64-62(66-63)52-27-11-10-24-45(52)42-20-6-2-7-21-42/h1-39H. The highest BCUT2D eigenvalue weighted by molar-refractivity contribution is 7.27. The number of rotatable bonds is 7. The van der Waals surface area contributed by atoms with Crippen molar-refractivity contribution in [1.82, 2.24) is 24.1 Å². The second-order valence-electron chi connectivity index (χ2n) is 17.5. The molecule has 0 radical (unpaired) electrons. The van der Waals surface area contributed by atoms with Crippen LogP contribution in [-0.4, -0.2) is 24.1 Å². The van der Waals surface area contributed by atoms with E-state index in [1.54, 1.807) is 0 Å². The Kier molecular flexibility index (Phi) is 9.00.